The average Bonchev–Trinajstić information content (AvgIpc) is 3.07. The van der Waals surface area contributed by atoms with Crippen LogP contribution in [0.4, 0.5) is 5.13 Å². The third kappa shape index (κ3) is 4.14. The number of nitrogens with one attached hydrogen (secondary N) is 1. The lowest BCUT2D eigenvalue weighted by atomic mass is 10.1. The molecule has 1 aliphatic heterocycles. The largest absolute Gasteiger partial charge is 0.301 e. The van der Waals surface area contributed by atoms with Crippen LogP contribution in [0.2, 0.25) is 5.02 Å². The predicted molar refractivity (Wildman–Crippen MR) is 115 cm³/mol. The Morgan fingerprint density at radius 3 is 2.96 bits per heavy atom. The maximum Gasteiger partial charge on any atom is 0.236 e. The Morgan fingerprint density at radius 1 is 1.33 bits per heavy atom. The van der Waals surface area contributed by atoms with Gasteiger partial charge in [-0.2, -0.15) is 0 Å². The van der Waals surface area contributed by atoms with Gasteiger partial charge in [-0.05, 0) is 24.1 Å². The van der Waals surface area contributed by atoms with Crippen molar-refractivity contribution in [2.45, 2.75) is 24.8 Å². The topological polar surface area (TPSA) is 45.2 Å². The fourth-order valence-corrected chi connectivity index (χ4v) is 5.56. The molecule has 0 saturated heterocycles. The number of carbonyl (C=O) groups is 1. The van der Waals surface area contributed by atoms with Crippen molar-refractivity contribution in [2.24, 2.45) is 0 Å². The lowest BCUT2D eigenvalue weighted by Crippen LogP contribution is -2.29. The molecule has 0 spiro atoms. The molecule has 3 aromatic rings. The highest BCUT2D eigenvalue weighted by atomic mass is 35.5. The summed E-state index contributed by atoms with van der Waals surface area (Å²) in [7, 11) is 0. The van der Waals surface area contributed by atoms with Crippen molar-refractivity contribution in [3.05, 3.63) is 52.0 Å². The fraction of sp³-hybridized carbons (Fsp3) is 0.300. The van der Waals surface area contributed by atoms with E-state index in [1.807, 2.05) is 36.4 Å². The van der Waals surface area contributed by atoms with Gasteiger partial charge in [0.2, 0.25) is 5.91 Å². The van der Waals surface area contributed by atoms with Crippen LogP contribution in [0.1, 0.15) is 17.5 Å². The summed E-state index contributed by atoms with van der Waals surface area (Å²) in [5.41, 5.74) is 1.13. The Bertz CT molecular complexity index is 983. The molecule has 1 aliphatic rings. The van der Waals surface area contributed by atoms with E-state index in [1.165, 1.54) is 16.6 Å². The zero-order valence-corrected chi connectivity index (χ0v) is 17.4. The highest BCUT2D eigenvalue weighted by Gasteiger charge is 2.20. The molecule has 1 N–H and O–H groups in total. The Balaban J connectivity index is 1.42. The van der Waals surface area contributed by atoms with Crippen molar-refractivity contribution in [2.75, 3.05) is 24.2 Å². The molecule has 1 amide bonds. The fourth-order valence-electron chi connectivity index (χ4n) is 3.25. The second kappa shape index (κ2) is 8.19. The standard InChI is InChI=1S/C20H20ClN3OS2/c1-2-24-10-9-15-17(11-24)27-20(22-15)23-18(25)12-26-16-8-4-6-13-5-3-7-14(21)19(13)16/h3-8H,2,9-12H2,1H3,(H,22,23,25). The number of amides is 1. The van der Waals surface area contributed by atoms with Crippen molar-refractivity contribution in [3.63, 3.8) is 0 Å². The number of likely N-dealkylation sites (N-methyl/N-ethyl adjacent to an activating group) is 1. The van der Waals surface area contributed by atoms with Gasteiger partial charge in [0, 0.05) is 39.7 Å². The van der Waals surface area contributed by atoms with Gasteiger partial charge in [-0.3, -0.25) is 9.69 Å². The van der Waals surface area contributed by atoms with E-state index in [0.717, 1.165) is 47.4 Å². The third-order valence-corrected chi connectivity index (χ3v) is 7.05. The average molecular weight is 418 g/mol. The van der Waals surface area contributed by atoms with Crippen LogP contribution in [0.25, 0.3) is 10.8 Å². The van der Waals surface area contributed by atoms with Gasteiger partial charge in [-0.1, -0.05) is 42.8 Å². The predicted octanol–water partition coefficient (Wildman–Crippen LogP) is 5.06. The van der Waals surface area contributed by atoms with Crippen LogP contribution < -0.4 is 5.32 Å². The van der Waals surface area contributed by atoms with Crippen molar-refractivity contribution in [3.8, 4) is 0 Å². The minimum Gasteiger partial charge on any atom is -0.301 e. The third-order valence-electron chi connectivity index (χ3n) is 4.68. The Hall–Kier alpha value is -1.60. The molecule has 0 unspecified atom stereocenters. The number of thioether (sulfide) groups is 1. The lowest BCUT2D eigenvalue weighted by Gasteiger charge is -2.23. The SMILES string of the molecule is CCN1CCc2nc(NC(=O)CSc3cccc4cccc(Cl)c34)sc2C1. The number of rotatable bonds is 5. The number of fused-ring (bicyclic) bond motifs is 2. The molecular formula is C20H20ClN3OS2. The molecule has 2 aromatic carbocycles. The number of nitrogens with zero attached hydrogens (tertiary/aromatic N) is 2. The molecular weight excluding hydrogens is 398 g/mol. The van der Waals surface area contributed by atoms with Crippen LogP contribution in [0, 0.1) is 0 Å². The second-order valence-electron chi connectivity index (χ2n) is 6.44. The minimum atomic E-state index is -0.0394. The highest BCUT2D eigenvalue weighted by Crippen LogP contribution is 2.33. The maximum atomic E-state index is 12.4. The molecule has 4 rings (SSSR count). The van der Waals surface area contributed by atoms with E-state index in [2.05, 4.69) is 22.1 Å². The quantitative estimate of drug-likeness (QED) is 0.589. The number of benzene rings is 2. The summed E-state index contributed by atoms with van der Waals surface area (Å²) >= 11 is 9.46. The van der Waals surface area contributed by atoms with Gasteiger partial charge in [0.1, 0.15) is 0 Å². The molecule has 0 saturated carbocycles. The van der Waals surface area contributed by atoms with Gasteiger partial charge in [0.25, 0.3) is 0 Å². The first-order chi connectivity index (χ1) is 13.1. The number of halogens is 1. The number of carbonyl (C=O) groups excluding carboxylic acids is 1. The van der Waals surface area contributed by atoms with Crippen LogP contribution in [0.3, 0.4) is 0 Å². The van der Waals surface area contributed by atoms with Gasteiger partial charge in [0.15, 0.2) is 5.13 Å². The first kappa shape index (κ1) is 18.7. The zero-order chi connectivity index (χ0) is 18.8. The number of hydrogen-bond acceptors (Lipinski definition) is 5. The smallest absolute Gasteiger partial charge is 0.236 e. The summed E-state index contributed by atoms with van der Waals surface area (Å²) < 4.78 is 0. The Kier molecular flexibility index (Phi) is 5.68. The summed E-state index contributed by atoms with van der Waals surface area (Å²) in [5.74, 6) is 0.290. The van der Waals surface area contributed by atoms with E-state index in [9.17, 15) is 4.79 Å². The van der Waals surface area contributed by atoms with Gasteiger partial charge < -0.3 is 5.32 Å². The molecule has 7 heteroatoms. The van der Waals surface area contributed by atoms with E-state index in [0.29, 0.717) is 15.9 Å². The second-order valence-corrected chi connectivity index (χ2v) is 8.95. The van der Waals surface area contributed by atoms with E-state index in [-0.39, 0.29) is 5.91 Å². The molecule has 0 bridgehead atoms. The number of aromatic nitrogens is 1. The molecule has 0 fully saturated rings. The summed E-state index contributed by atoms with van der Waals surface area (Å²) in [5, 5.41) is 6.47. The van der Waals surface area contributed by atoms with Crippen molar-refractivity contribution >= 4 is 56.5 Å². The summed E-state index contributed by atoms with van der Waals surface area (Å²) in [6.45, 7) is 5.19. The summed E-state index contributed by atoms with van der Waals surface area (Å²) in [6, 6.07) is 11.9. The minimum absolute atomic E-state index is 0.0394. The van der Waals surface area contributed by atoms with Gasteiger partial charge >= 0.3 is 0 Å². The molecule has 2 heterocycles. The van der Waals surface area contributed by atoms with Crippen LogP contribution in [-0.2, 0) is 17.8 Å². The first-order valence-electron chi connectivity index (χ1n) is 8.95. The van der Waals surface area contributed by atoms with Crippen molar-refractivity contribution < 1.29 is 4.79 Å². The number of thiazole rings is 1. The van der Waals surface area contributed by atoms with Crippen molar-refractivity contribution in [1.82, 2.24) is 9.88 Å². The molecule has 0 atom stereocenters. The van der Waals surface area contributed by atoms with E-state index in [1.54, 1.807) is 11.3 Å². The number of anilines is 1. The van der Waals surface area contributed by atoms with Gasteiger partial charge in [0.05, 0.1) is 11.4 Å². The molecule has 27 heavy (non-hydrogen) atoms. The van der Waals surface area contributed by atoms with Gasteiger partial charge in [-0.25, -0.2) is 4.98 Å². The van der Waals surface area contributed by atoms with E-state index >= 15 is 0 Å². The van der Waals surface area contributed by atoms with Gasteiger partial charge in [-0.15, -0.1) is 23.1 Å². The van der Waals surface area contributed by atoms with E-state index < -0.39 is 0 Å². The normalized spacial score (nSPS) is 14.3. The van der Waals surface area contributed by atoms with Crippen LogP contribution >= 0.6 is 34.7 Å². The lowest BCUT2D eigenvalue weighted by molar-refractivity contribution is -0.113. The van der Waals surface area contributed by atoms with Crippen molar-refractivity contribution in [1.29, 1.82) is 0 Å². The monoisotopic (exact) mass is 417 g/mol. The zero-order valence-electron chi connectivity index (χ0n) is 15.0. The summed E-state index contributed by atoms with van der Waals surface area (Å²) in [6.07, 6.45) is 0.957. The maximum absolute atomic E-state index is 12.4. The molecule has 0 aliphatic carbocycles. The molecule has 1 aromatic heterocycles. The van der Waals surface area contributed by atoms with Crippen LogP contribution in [0.5, 0.6) is 0 Å². The highest BCUT2D eigenvalue weighted by molar-refractivity contribution is 8.00. The van der Waals surface area contributed by atoms with E-state index in [4.69, 9.17) is 11.6 Å². The first-order valence-corrected chi connectivity index (χ1v) is 11.1. The Labute approximate surface area is 171 Å². The summed E-state index contributed by atoms with van der Waals surface area (Å²) in [4.78, 5) is 21.7. The molecule has 140 valence electrons. The number of hydrogen-bond donors (Lipinski definition) is 1. The Morgan fingerprint density at radius 2 is 2.15 bits per heavy atom. The molecule has 0 radical (unpaired) electrons. The van der Waals surface area contributed by atoms with Crippen LogP contribution in [-0.4, -0.2) is 34.6 Å². The molecule has 4 nitrogen and oxygen atoms in total. The van der Waals surface area contributed by atoms with Crippen LogP contribution in [0.15, 0.2) is 41.3 Å².